The minimum absolute atomic E-state index is 0.0610. The largest absolute Gasteiger partial charge is 0.478 e. The number of hydrogen-bond acceptors (Lipinski definition) is 5. The average Bonchev–Trinajstić information content (AvgIpc) is 3.08. The summed E-state index contributed by atoms with van der Waals surface area (Å²) in [6.45, 7) is 0. The molecule has 3 N–H and O–H groups in total. The van der Waals surface area contributed by atoms with Gasteiger partial charge in [0.2, 0.25) is 5.91 Å². The summed E-state index contributed by atoms with van der Waals surface area (Å²) in [4.78, 5) is 35.3. The Hall–Kier alpha value is -3.29. The minimum atomic E-state index is -0.967. The van der Waals surface area contributed by atoms with E-state index >= 15 is 0 Å². The molecule has 23 heavy (non-hydrogen) atoms. The highest BCUT2D eigenvalue weighted by atomic mass is 16.5. The van der Waals surface area contributed by atoms with Crippen molar-refractivity contribution in [2.45, 2.75) is 12.5 Å². The molecule has 8 nitrogen and oxygen atoms in total. The molecule has 1 atom stereocenters. The van der Waals surface area contributed by atoms with Gasteiger partial charge in [-0.15, -0.1) is 0 Å². The summed E-state index contributed by atoms with van der Waals surface area (Å²) >= 11 is 0. The Labute approximate surface area is 130 Å². The highest BCUT2D eigenvalue weighted by Crippen LogP contribution is 2.29. The lowest BCUT2D eigenvalue weighted by Gasteiger charge is -2.25. The van der Waals surface area contributed by atoms with Crippen LogP contribution in [0.3, 0.4) is 0 Å². The molecule has 1 aliphatic heterocycles. The van der Waals surface area contributed by atoms with Gasteiger partial charge in [0.1, 0.15) is 5.75 Å². The zero-order valence-electron chi connectivity index (χ0n) is 11.9. The number of hydrogen-bond donors (Lipinski definition) is 3. The second kappa shape index (κ2) is 6.22. The van der Waals surface area contributed by atoms with Gasteiger partial charge in [0.15, 0.2) is 11.9 Å². The molecule has 0 spiro atoms. The van der Waals surface area contributed by atoms with Crippen LogP contribution in [0, 0.1) is 0 Å². The predicted molar refractivity (Wildman–Crippen MR) is 78.4 cm³/mol. The summed E-state index contributed by atoms with van der Waals surface area (Å²) in [6, 6.07) is 9.92. The first kappa shape index (κ1) is 14.6. The normalized spacial score (nSPS) is 15.8. The van der Waals surface area contributed by atoms with Gasteiger partial charge in [-0.25, -0.2) is 0 Å². The van der Waals surface area contributed by atoms with E-state index in [1.807, 2.05) is 0 Å². The standard InChI is InChI=1S/C15H13N3O5/c19-13(17-18-15(21)11-6-3-7-22-11)8-12-14(20)16-9-4-1-2-5-10(9)23-12/h1-7,12H,8H2,(H,16,20)(H,17,19)(H,18,21)/t12-/m1/s1. The van der Waals surface area contributed by atoms with Gasteiger partial charge in [0, 0.05) is 0 Å². The van der Waals surface area contributed by atoms with Gasteiger partial charge in [-0.1, -0.05) is 12.1 Å². The number of nitrogens with one attached hydrogen (secondary N) is 3. The lowest BCUT2D eigenvalue weighted by molar-refractivity contribution is -0.130. The highest BCUT2D eigenvalue weighted by molar-refractivity contribution is 6.00. The summed E-state index contributed by atoms with van der Waals surface area (Å²) in [5, 5.41) is 2.66. The SMILES string of the molecule is O=C(C[C@H]1Oc2ccccc2NC1=O)NNC(=O)c1ccco1. The van der Waals surface area contributed by atoms with Crippen LogP contribution in [0.25, 0.3) is 0 Å². The van der Waals surface area contributed by atoms with Crippen LogP contribution in [-0.4, -0.2) is 23.8 Å². The summed E-state index contributed by atoms with van der Waals surface area (Å²) in [5.41, 5.74) is 4.95. The van der Waals surface area contributed by atoms with Crippen molar-refractivity contribution in [1.29, 1.82) is 0 Å². The molecule has 3 amide bonds. The first-order valence-corrected chi connectivity index (χ1v) is 6.83. The van der Waals surface area contributed by atoms with Crippen LogP contribution in [-0.2, 0) is 9.59 Å². The van der Waals surface area contributed by atoms with Crippen molar-refractivity contribution >= 4 is 23.4 Å². The number of fused-ring (bicyclic) bond motifs is 1. The van der Waals surface area contributed by atoms with E-state index in [0.29, 0.717) is 11.4 Å². The molecule has 0 saturated carbocycles. The van der Waals surface area contributed by atoms with E-state index in [2.05, 4.69) is 16.2 Å². The van der Waals surface area contributed by atoms with Crippen molar-refractivity contribution in [2.24, 2.45) is 0 Å². The molecule has 0 fully saturated rings. The third-order valence-corrected chi connectivity index (χ3v) is 3.14. The summed E-state index contributed by atoms with van der Waals surface area (Å²) in [6.07, 6.45) is 0.137. The van der Waals surface area contributed by atoms with E-state index in [1.165, 1.54) is 12.3 Å². The van der Waals surface area contributed by atoms with Crippen LogP contribution in [0.2, 0.25) is 0 Å². The number of rotatable bonds is 3. The molecular formula is C15H13N3O5. The lowest BCUT2D eigenvalue weighted by Crippen LogP contribution is -2.46. The number of carbonyl (C=O) groups excluding carboxylic acids is 3. The summed E-state index contributed by atoms with van der Waals surface area (Å²) in [5.74, 6) is -1.03. The Morgan fingerprint density at radius 1 is 1.13 bits per heavy atom. The molecule has 1 aliphatic rings. The first-order chi connectivity index (χ1) is 11.1. The van der Waals surface area contributed by atoms with Crippen molar-refractivity contribution in [2.75, 3.05) is 5.32 Å². The number of para-hydroxylation sites is 2. The van der Waals surface area contributed by atoms with Crippen molar-refractivity contribution in [1.82, 2.24) is 10.9 Å². The molecule has 0 unspecified atom stereocenters. The Kier molecular flexibility index (Phi) is 3.96. The molecule has 118 valence electrons. The number of furan rings is 1. The van der Waals surface area contributed by atoms with Crippen molar-refractivity contribution in [3.63, 3.8) is 0 Å². The number of ether oxygens (including phenoxy) is 1. The van der Waals surface area contributed by atoms with Gasteiger partial charge in [-0.3, -0.25) is 25.2 Å². The topological polar surface area (TPSA) is 110 Å². The Morgan fingerprint density at radius 2 is 1.96 bits per heavy atom. The van der Waals surface area contributed by atoms with Crippen LogP contribution in [0.5, 0.6) is 5.75 Å². The predicted octanol–water partition coefficient (Wildman–Crippen LogP) is 0.830. The molecule has 0 saturated heterocycles. The smallest absolute Gasteiger partial charge is 0.305 e. The van der Waals surface area contributed by atoms with E-state index in [1.54, 1.807) is 30.3 Å². The van der Waals surface area contributed by atoms with Crippen molar-refractivity contribution in [3.05, 3.63) is 48.4 Å². The Morgan fingerprint density at radius 3 is 2.74 bits per heavy atom. The second-order valence-corrected chi connectivity index (χ2v) is 4.78. The zero-order valence-corrected chi connectivity index (χ0v) is 11.9. The molecule has 3 rings (SSSR count). The zero-order chi connectivity index (χ0) is 16.2. The molecule has 1 aromatic carbocycles. The maximum Gasteiger partial charge on any atom is 0.305 e. The fourth-order valence-electron chi connectivity index (χ4n) is 2.04. The number of amides is 3. The molecule has 0 bridgehead atoms. The molecule has 0 aliphatic carbocycles. The van der Waals surface area contributed by atoms with Crippen molar-refractivity contribution in [3.8, 4) is 5.75 Å². The fraction of sp³-hybridized carbons (Fsp3) is 0.133. The molecular weight excluding hydrogens is 302 g/mol. The average molecular weight is 315 g/mol. The quantitative estimate of drug-likeness (QED) is 0.727. The minimum Gasteiger partial charge on any atom is -0.478 e. The van der Waals surface area contributed by atoms with Crippen LogP contribution in [0.1, 0.15) is 17.0 Å². The third-order valence-electron chi connectivity index (χ3n) is 3.14. The van der Waals surface area contributed by atoms with Gasteiger partial charge in [-0.2, -0.15) is 0 Å². The fourth-order valence-corrected chi connectivity index (χ4v) is 2.04. The van der Waals surface area contributed by atoms with E-state index in [-0.39, 0.29) is 12.2 Å². The number of benzene rings is 1. The maximum atomic E-state index is 11.9. The molecule has 1 aromatic heterocycles. The van der Waals surface area contributed by atoms with Crippen molar-refractivity contribution < 1.29 is 23.5 Å². The Bertz CT molecular complexity index is 741. The second-order valence-electron chi connectivity index (χ2n) is 4.78. The van der Waals surface area contributed by atoms with E-state index in [4.69, 9.17) is 9.15 Å². The van der Waals surface area contributed by atoms with Crippen LogP contribution >= 0.6 is 0 Å². The van der Waals surface area contributed by atoms with Crippen LogP contribution in [0.15, 0.2) is 47.1 Å². The molecule has 2 heterocycles. The van der Waals surface area contributed by atoms with E-state index in [0.717, 1.165) is 0 Å². The summed E-state index contributed by atoms with van der Waals surface area (Å²) in [7, 11) is 0. The van der Waals surface area contributed by atoms with Gasteiger partial charge < -0.3 is 14.5 Å². The number of carbonyl (C=O) groups is 3. The van der Waals surface area contributed by atoms with E-state index < -0.39 is 23.8 Å². The van der Waals surface area contributed by atoms with E-state index in [9.17, 15) is 14.4 Å². The van der Waals surface area contributed by atoms with Gasteiger partial charge >= 0.3 is 5.91 Å². The summed E-state index contributed by atoms with van der Waals surface area (Å²) < 4.78 is 10.4. The third kappa shape index (κ3) is 3.31. The number of hydrazine groups is 1. The molecule has 2 aromatic rings. The monoisotopic (exact) mass is 315 g/mol. The molecule has 8 heteroatoms. The number of anilines is 1. The van der Waals surface area contributed by atoms with Crippen LogP contribution in [0.4, 0.5) is 5.69 Å². The van der Waals surface area contributed by atoms with Gasteiger partial charge in [0.25, 0.3) is 5.91 Å². The van der Waals surface area contributed by atoms with Crippen LogP contribution < -0.4 is 20.9 Å². The Balaban J connectivity index is 1.54. The molecule has 0 radical (unpaired) electrons. The lowest BCUT2D eigenvalue weighted by atomic mass is 10.1. The first-order valence-electron chi connectivity index (χ1n) is 6.83. The van der Waals surface area contributed by atoms with Gasteiger partial charge in [-0.05, 0) is 24.3 Å². The maximum absolute atomic E-state index is 11.9. The van der Waals surface area contributed by atoms with Gasteiger partial charge in [0.05, 0.1) is 18.4 Å². The highest BCUT2D eigenvalue weighted by Gasteiger charge is 2.29.